The van der Waals surface area contributed by atoms with Gasteiger partial charge >= 0.3 is 0 Å². The van der Waals surface area contributed by atoms with E-state index in [9.17, 15) is 4.79 Å². The number of amides is 1. The third kappa shape index (κ3) is 4.66. The molecule has 1 amide bonds. The van der Waals surface area contributed by atoms with Gasteiger partial charge in [0, 0.05) is 28.1 Å². The molecule has 0 radical (unpaired) electrons. The van der Waals surface area contributed by atoms with E-state index in [1.165, 1.54) is 0 Å². The number of carbonyl (C=O) groups excluding carboxylic acids is 1. The molecular formula is C12H13BrN2OS2. The first-order valence-corrected chi connectivity index (χ1v) is 8.36. The van der Waals surface area contributed by atoms with Crippen molar-refractivity contribution in [3.8, 4) is 0 Å². The van der Waals surface area contributed by atoms with E-state index in [1.54, 1.807) is 23.5 Å². The number of nitrogens with zero attached hydrogens (tertiary/aromatic N) is 1. The van der Waals surface area contributed by atoms with Crippen molar-refractivity contribution >= 4 is 55.4 Å². The highest BCUT2D eigenvalue weighted by molar-refractivity contribution is 9.10. The molecule has 0 bridgehead atoms. The van der Waals surface area contributed by atoms with Crippen molar-refractivity contribution in [2.45, 2.75) is 6.42 Å². The summed E-state index contributed by atoms with van der Waals surface area (Å²) in [6.45, 7) is 0.915. The first kappa shape index (κ1) is 14.0. The van der Waals surface area contributed by atoms with E-state index in [2.05, 4.69) is 26.2 Å². The van der Waals surface area contributed by atoms with Crippen molar-refractivity contribution in [3.05, 3.63) is 28.7 Å². The molecule has 0 fully saturated rings. The number of thioether (sulfide) groups is 2. The molecule has 1 heterocycles. The lowest BCUT2D eigenvalue weighted by atomic mass is 10.3. The third-order valence-electron chi connectivity index (χ3n) is 2.24. The summed E-state index contributed by atoms with van der Waals surface area (Å²) in [6, 6.07) is 7.58. The molecule has 96 valence electrons. The fourth-order valence-corrected chi connectivity index (χ4v) is 3.67. The lowest BCUT2D eigenvalue weighted by molar-refractivity contribution is -0.115. The first-order chi connectivity index (χ1) is 8.74. The van der Waals surface area contributed by atoms with Crippen molar-refractivity contribution < 1.29 is 4.79 Å². The van der Waals surface area contributed by atoms with Gasteiger partial charge in [-0.3, -0.25) is 9.79 Å². The number of rotatable bonds is 4. The van der Waals surface area contributed by atoms with Crippen LogP contribution in [0.2, 0.25) is 0 Å². The van der Waals surface area contributed by atoms with Crippen LogP contribution in [0.4, 0.5) is 5.69 Å². The van der Waals surface area contributed by atoms with Crippen molar-refractivity contribution in [2.24, 2.45) is 4.99 Å². The molecule has 1 aliphatic rings. The average Bonchev–Trinajstić information content (AvgIpc) is 2.85. The SMILES string of the molecule is O=C(CCSC1=NCCS1)Nc1ccc(Br)cc1. The quantitative estimate of drug-likeness (QED) is 0.906. The third-order valence-corrected chi connectivity index (χ3v) is 5.02. The minimum atomic E-state index is 0.0495. The van der Waals surface area contributed by atoms with E-state index in [-0.39, 0.29) is 5.91 Å². The number of hydrogen-bond acceptors (Lipinski definition) is 4. The maximum absolute atomic E-state index is 11.7. The van der Waals surface area contributed by atoms with Crippen molar-refractivity contribution in [1.82, 2.24) is 0 Å². The predicted molar refractivity (Wildman–Crippen MR) is 84.6 cm³/mol. The van der Waals surface area contributed by atoms with Gasteiger partial charge in [0.25, 0.3) is 0 Å². The highest BCUT2D eigenvalue weighted by atomic mass is 79.9. The molecule has 0 spiro atoms. The second-order valence-electron chi connectivity index (χ2n) is 3.65. The molecule has 3 nitrogen and oxygen atoms in total. The highest BCUT2D eigenvalue weighted by Crippen LogP contribution is 2.22. The summed E-state index contributed by atoms with van der Waals surface area (Å²) in [5.41, 5.74) is 0.834. The number of hydrogen-bond donors (Lipinski definition) is 1. The van der Waals surface area contributed by atoms with Crippen LogP contribution in [0.1, 0.15) is 6.42 Å². The zero-order chi connectivity index (χ0) is 12.8. The Bertz CT molecular complexity index is 448. The summed E-state index contributed by atoms with van der Waals surface area (Å²) >= 11 is 6.81. The smallest absolute Gasteiger partial charge is 0.225 e. The molecule has 1 N–H and O–H groups in total. The van der Waals surface area contributed by atoms with E-state index in [0.29, 0.717) is 6.42 Å². The summed E-state index contributed by atoms with van der Waals surface area (Å²) in [5, 5.41) is 2.87. The number of nitrogens with one attached hydrogen (secondary N) is 1. The van der Waals surface area contributed by atoms with Crippen molar-refractivity contribution in [3.63, 3.8) is 0 Å². The zero-order valence-corrected chi connectivity index (χ0v) is 12.9. The molecular weight excluding hydrogens is 332 g/mol. The fraction of sp³-hybridized carbons (Fsp3) is 0.333. The molecule has 6 heteroatoms. The van der Waals surface area contributed by atoms with Gasteiger partial charge in [-0.15, -0.1) is 0 Å². The number of halogens is 1. The minimum absolute atomic E-state index is 0.0495. The van der Waals surface area contributed by atoms with Crippen LogP contribution in [0.3, 0.4) is 0 Å². The highest BCUT2D eigenvalue weighted by Gasteiger charge is 2.09. The van der Waals surface area contributed by atoms with Gasteiger partial charge in [-0.05, 0) is 24.3 Å². The first-order valence-electron chi connectivity index (χ1n) is 5.59. The van der Waals surface area contributed by atoms with Crippen LogP contribution >= 0.6 is 39.5 Å². The van der Waals surface area contributed by atoms with Crippen LogP contribution in [0.25, 0.3) is 0 Å². The number of carbonyl (C=O) groups is 1. The molecule has 0 unspecified atom stereocenters. The number of anilines is 1. The predicted octanol–water partition coefficient (Wildman–Crippen LogP) is 3.61. The average molecular weight is 345 g/mol. The largest absolute Gasteiger partial charge is 0.326 e. The Kier molecular flexibility index (Phi) is 5.59. The monoisotopic (exact) mass is 344 g/mol. The van der Waals surface area contributed by atoms with Gasteiger partial charge in [-0.1, -0.05) is 39.5 Å². The van der Waals surface area contributed by atoms with E-state index in [4.69, 9.17) is 0 Å². The van der Waals surface area contributed by atoms with E-state index in [1.807, 2.05) is 24.3 Å². The maximum Gasteiger partial charge on any atom is 0.225 e. The standard InChI is InChI=1S/C12H13BrN2OS2/c13-9-1-3-10(4-2-9)15-11(16)5-7-17-12-14-6-8-18-12/h1-4H,5-8H2,(H,15,16). The molecule has 0 saturated heterocycles. The van der Waals surface area contributed by atoms with Crippen LogP contribution in [-0.2, 0) is 4.79 Å². The molecule has 0 atom stereocenters. The maximum atomic E-state index is 11.7. The molecule has 0 saturated carbocycles. The summed E-state index contributed by atoms with van der Waals surface area (Å²) in [4.78, 5) is 16.0. The molecule has 1 aromatic carbocycles. The van der Waals surface area contributed by atoms with Crippen LogP contribution in [0.15, 0.2) is 33.7 Å². The molecule has 0 aliphatic carbocycles. The van der Waals surface area contributed by atoms with E-state index in [0.717, 1.165) is 32.6 Å². The Labute approximate surface area is 123 Å². The second-order valence-corrected chi connectivity index (χ2v) is 6.99. The van der Waals surface area contributed by atoms with Crippen LogP contribution in [0.5, 0.6) is 0 Å². The van der Waals surface area contributed by atoms with Gasteiger partial charge in [0.15, 0.2) is 0 Å². The molecule has 18 heavy (non-hydrogen) atoms. The Hall–Kier alpha value is -0.460. The van der Waals surface area contributed by atoms with Crippen LogP contribution in [-0.4, -0.2) is 28.3 Å². The molecule has 1 aromatic rings. The fourth-order valence-electron chi connectivity index (χ4n) is 1.39. The van der Waals surface area contributed by atoms with Gasteiger partial charge in [-0.25, -0.2) is 0 Å². The summed E-state index contributed by atoms with van der Waals surface area (Å²) in [7, 11) is 0. The zero-order valence-electron chi connectivity index (χ0n) is 9.69. The normalized spacial score (nSPS) is 14.4. The number of aliphatic imine (C=N–C) groups is 1. The number of benzene rings is 1. The van der Waals surface area contributed by atoms with Crippen molar-refractivity contribution in [1.29, 1.82) is 0 Å². The summed E-state index contributed by atoms with van der Waals surface area (Å²) in [5.74, 6) is 1.91. The Balaban J connectivity index is 1.70. The lowest BCUT2D eigenvalue weighted by Crippen LogP contribution is -2.12. The Morgan fingerprint density at radius 2 is 2.22 bits per heavy atom. The topological polar surface area (TPSA) is 41.5 Å². The minimum Gasteiger partial charge on any atom is -0.326 e. The van der Waals surface area contributed by atoms with Crippen LogP contribution < -0.4 is 5.32 Å². The summed E-state index contributed by atoms with van der Waals surface area (Å²) < 4.78 is 2.12. The van der Waals surface area contributed by atoms with Gasteiger partial charge in [0.1, 0.15) is 4.38 Å². The van der Waals surface area contributed by atoms with Crippen LogP contribution in [0, 0.1) is 0 Å². The summed E-state index contributed by atoms with van der Waals surface area (Å²) in [6.07, 6.45) is 0.514. The van der Waals surface area contributed by atoms with E-state index >= 15 is 0 Å². The van der Waals surface area contributed by atoms with Gasteiger partial charge in [0.05, 0.1) is 6.54 Å². The second kappa shape index (κ2) is 7.21. The van der Waals surface area contributed by atoms with Gasteiger partial charge in [-0.2, -0.15) is 0 Å². The van der Waals surface area contributed by atoms with Crippen molar-refractivity contribution in [2.75, 3.05) is 23.4 Å². The Morgan fingerprint density at radius 1 is 1.44 bits per heavy atom. The molecule has 1 aliphatic heterocycles. The lowest BCUT2D eigenvalue weighted by Gasteiger charge is -2.05. The molecule has 2 rings (SSSR count). The van der Waals surface area contributed by atoms with Gasteiger partial charge in [0.2, 0.25) is 5.91 Å². The molecule has 0 aromatic heterocycles. The van der Waals surface area contributed by atoms with E-state index < -0.39 is 0 Å². The van der Waals surface area contributed by atoms with Gasteiger partial charge < -0.3 is 5.32 Å². The Morgan fingerprint density at radius 3 is 2.89 bits per heavy atom.